The van der Waals surface area contributed by atoms with Gasteiger partial charge in [-0.3, -0.25) is 10.1 Å². The summed E-state index contributed by atoms with van der Waals surface area (Å²) in [6, 6.07) is 5.50. The maximum Gasteiger partial charge on any atom is 0.257 e. The highest BCUT2D eigenvalue weighted by molar-refractivity contribution is 7.15. The molecule has 1 atom stereocenters. The fourth-order valence-electron chi connectivity index (χ4n) is 1.99. The number of halogens is 1. The van der Waals surface area contributed by atoms with E-state index in [1.807, 2.05) is 0 Å². The van der Waals surface area contributed by atoms with Gasteiger partial charge >= 0.3 is 0 Å². The third kappa shape index (κ3) is 2.83. The SMILES string of the molecule is O=C(Nc1nnc(C2CCCO2)s1)c1cccc(F)c1. The number of hydrogen-bond acceptors (Lipinski definition) is 5. The Balaban J connectivity index is 1.70. The van der Waals surface area contributed by atoms with Crippen molar-refractivity contribution in [1.82, 2.24) is 10.2 Å². The van der Waals surface area contributed by atoms with E-state index in [0.717, 1.165) is 24.5 Å². The number of carbonyl (C=O) groups excluding carboxylic acids is 1. The lowest BCUT2D eigenvalue weighted by molar-refractivity contribution is 0.102. The Morgan fingerprint density at radius 1 is 1.45 bits per heavy atom. The van der Waals surface area contributed by atoms with E-state index in [1.165, 1.54) is 29.5 Å². The van der Waals surface area contributed by atoms with E-state index >= 15 is 0 Å². The zero-order valence-corrected chi connectivity index (χ0v) is 11.3. The molecule has 1 aromatic heterocycles. The second kappa shape index (κ2) is 5.64. The van der Waals surface area contributed by atoms with Crippen LogP contribution < -0.4 is 5.32 Å². The van der Waals surface area contributed by atoms with Crippen molar-refractivity contribution in [3.8, 4) is 0 Å². The average Bonchev–Trinajstić information content (AvgIpc) is 3.08. The first-order valence-electron chi connectivity index (χ1n) is 6.24. The second-order valence-corrected chi connectivity index (χ2v) is 5.42. The van der Waals surface area contributed by atoms with E-state index in [1.54, 1.807) is 6.07 Å². The number of hydrogen-bond donors (Lipinski definition) is 1. The second-order valence-electron chi connectivity index (χ2n) is 4.41. The lowest BCUT2D eigenvalue weighted by atomic mass is 10.2. The van der Waals surface area contributed by atoms with E-state index in [-0.39, 0.29) is 11.7 Å². The van der Waals surface area contributed by atoms with E-state index in [9.17, 15) is 9.18 Å². The molecule has 0 spiro atoms. The molecule has 1 aliphatic rings. The van der Waals surface area contributed by atoms with Gasteiger partial charge in [-0.05, 0) is 31.0 Å². The third-order valence-corrected chi connectivity index (χ3v) is 3.88. The molecule has 1 fully saturated rings. The molecule has 20 heavy (non-hydrogen) atoms. The van der Waals surface area contributed by atoms with Gasteiger partial charge in [0.1, 0.15) is 16.9 Å². The Morgan fingerprint density at radius 3 is 3.10 bits per heavy atom. The van der Waals surface area contributed by atoms with Crippen molar-refractivity contribution >= 4 is 22.4 Å². The molecule has 0 aliphatic carbocycles. The maximum absolute atomic E-state index is 13.1. The highest BCUT2D eigenvalue weighted by atomic mass is 32.1. The zero-order chi connectivity index (χ0) is 13.9. The number of ether oxygens (including phenoxy) is 1. The normalized spacial score (nSPS) is 18.1. The van der Waals surface area contributed by atoms with Crippen LogP contribution >= 0.6 is 11.3 Å². The molecule has 1 aromatic carbocycles. The Kier molecular flexibility index (Phi) is 3.70. The molecular formula is C13H12FN3O2S. The first-order chi connectivity index (χ1) is 9.72. The minimum atomic E-state index is -0.449. The minimum absolute atomic E-state index is 0.0210. The average molecular weight is 293 g/mol. The van der Waals surface area contributed by atoms with Crippen molar-refractivity contribution in [2.75, 3.05) is 11.9 Å². The highest BCUT2D eigenvalue weighted by Gasteiger charge is 2.22. The van der Waals surface area contributed by atoms with Crippen LogP contribution in [0.5, 0.6) is 0 Å². The van der Waals surface area contributed by atoms with Gasteiger partial charge in [0.05, 0.1) is 0 Å². The summed E-state index contributed by atoms with van der Waals surface area (Å²) >= 11 is 1.28. The van der Waals surface area contributed by atoms with Crippen molar-refractivity contribution in [3.63, 3.8) is 0 Å². The molecule has 1 saturated heterocycles. The van der Waals surface area contributed by atoms with Crippen molar-refractivity contribution in [3.05, 3.63) is 40.7 Å². The lowest BCUT2D eigenvalue weighted by Crippen LogP contribution is -2.11. The van der Waals surface area contributed by atoms with Gasteiger partial charge in [-0.2, -0.15) is 0 Å². The molecule has 2 aromatic rings. The summed E-state index contributed by atoms with van der Waals surface area (Å²) in [5.41, 5.74) is 0.249. The number of aromatic nitrogens is 2. The van der Waals surface area contributed by atoms with Gasteiger partial charge in [0.2, 0.25) is 5.13 Å². The van der Waals surface area contributed by atoms with Crippen LogP contribution in [0.15, 0.2) is 24.3 Å². The highest BCUT2D eigenvalue weighted by Crippen LogP contribution is 2.31. The van der Waals surface area contributed by atoms with Gasteiger partial charge in [0.25, 0.3) is 5.91 Å². The smallest absolute Gasteiger partial charge is 0.257 e. The number of amides is 1. The summed E-state index contributed by atoms with van der Waals surface area (Å²) < 4.78 is 18.6. The van der Waals surface area contributed by atoms with Gasteiger partial charge in [-0.15, -0.1) is 10.2 Å². The van der Waals surface area contributed by atoms with Crippen LogP contribution in [0, 0.1) is 5.82 Å². The molecule has 2 heterocycles. The molecule has 7 heteroatoms. The Labute approximate surface area is 118 Å². The maximum atomic E-state index is 13.1. The lowest BCUT2D eigenvalue weighted by Gasteiger charge is -2.02. The van der Waals surface area contributed by atoms with Crippen LogP contribution in [0.4, 0.5) is 9.52 Å². The van der Waals surface area contributed by atoms with Crippen LogP contribution in [0.25, 0.3) is 0 Å². The Hall–Kier alpha value is -1.86. The Bertz CT molecular complexity index is 626. The van der Waals surface area contributed by atoms with Crippen molar-refractivity contribution in [1.29, 1.82) is 0 Å². The van der Waals surface area contributed by atoms with Crippen molar-refractivity contribution in [2.45, 2.75) is 18.9 Å². The van der Waals surface area contributed by atoms with Crippen LogP contribution in [-0.4, -0.2) is 22.7 Å². The minimum Gasteiger partial charge on any atom is -0.371 e. The van der Waals surface area contributed by atoms with Gasteiger partial charge in [0.15, 0.2) is 0 Å². The predicted octanol–water partition coefficient (Wildman–Crippen LogP) is 2.78. The van der Waals surface area contributed by atoms with E-state index in [2.05, 4.69) is 15.5 Å². The number of carbonyl (C=O) groups is 1. The molecule has 0 bridgehead atoms. The van der Waals surface area contributed by atoms with Crippen LogP contribution in [0.1, 0.15) is 34.3 Å². The largest absolute Gasteiger partial charge is 0.371 e. The van der Waals surface area contributed by atoms with Crippen LogP contribution in [-0.2, 0) is 4.74 Å². The number of benzene rings is 1. The number of anilines is 1. The molecule has 1 unspecified atom stereocenters. The molecule has 1 amide bonds. The number of nitrogens with zero attached hydrogens (tertiary/aromatic N) is 2. The molecule has 0 radical (unpaired) electrons. The fourth-order valence-corrected chi connectivity index (χ4v) is 2.81. The number of nitrogens with one attached hydrogen (secondary N) is 1. The van der Waals surface area contributed by atoms with Crippen molar-refractivity contribution < 1.29 is 13.9 Å². The quantitative estimate of drug-likeness (QED) is 0.945. The van der Waals surface area contributed by atoms with E-state index in [0.29, 0.717) is 5.13 Å². The summed E-state index contributed by atoms with van der Waals surface area (Å²) in [7, 11) is 0. The van der Waals surface area contributed by atoms with E-state index < -0.39 is 11.7 Å². The summed E-state index contributed by atoms with van der Waals surface area (Å²) in [6.07, 6.45) is 1.91. The fraction of sp³-hybridized carbons (Fsp3) is 0.308. The molecule has 0 saturated carbocycles. The summed E-state index contributed by atoms with van der Waals surface area (Å²) in [6.45, 7) is 0.731. The molecule has 1 aliphatic heterocycles. The molecule has 1 N–H and O–H groups in total. The van der Waals surface area contributed by atoms with Gasteiger partial charge in [-0.25, -0.2) is 4.39 Å². The third-order valence-electron chi connectivity index (χ3n) is 2.95. The summed E-state index contributed by atoms with van der Waals surface area (Å²) in [5.74, 6) is -0.852. The standard InChI is InChI=1S/C13H12FN3O2S/c14-9-4-1-3-8(7-9)11(18)15-13-17-16-12(20-13)10-5-2-6-19-10/h1,3-4,7,10H,2,5-6H2,(H,15,17,18). The predicted molar refractivity (Wildman–Crippen MR) is 72.2 cm³/mol. The van der Waals surface area contributed by atoms with Crippen LogP contribution in [0.2, 0.25) is 0 Å². The first-order valence-corrected chi connectivity index (χ1v) is 7.06. The van der Waals surface area contributed by atoms with E-state index in [4.69, 9.17) is 4.74 Å². The zero-order valence-electron chi connectivity index (χ0n) is 10.5. The summed E-state index contributed by atoms with van der Waals surface area (Å²) in [4.78, 5) is 11.9. The number of rotatable bonds is 3. The Morgan fingerprint density at radius 2 is 2.35 bits per heavy atom. The first kappa shape index (κ1) is 13.1. The molecule has 3 rings (SSSR count). The van der Waals surface area contributed by atoms with Gasteiger partial charge in [0, 0.05) is 12.2 Å². The van der Waals surface area contributed by atoms with Crippen molar-refractivity contribution in [2.24, 2.45) is 0 Å². The van der Waals surface area contributed by atoms with Gasteiger partial charge in [-0.1, -0.05) is 17.4 Å². The monoisotopic (exact) mass is 293 g/mol. The van der Waals surface area contributed by atoms with Crippen LogP contribution in [0.3, 0.4) is 0 Å². The topological polar surface area (TPSA) is 64.1 Å². The van der Waals surface area contributed by atoms with Gasteiger partial charge < -0.3 is 4.74 Å². The molecule has 5 nitrogen and oxygen atoms in total. The summed E-state index contributed by atoms with van der Waals surface area (Å²) in [5, 5.41) is 11.7. The molecule has 104 valence electrons. The molecular weight excluding hydrogens is 281 g/mol.